The van der Waals surface area contributed by atoms with Gasteiger partial charge in [0.15, 0.2) is 5.76 Å². The number of furan rings is 1. The minimum Gasteiger partial charge on any atom is -0.488 e. The quantitative estimate of drug-likeness (QED) is 0.129. The summed E-state index contributed by atoms with van der Waals surface area (Å²) in [6.45, 7) is 0.307. The van der Waals surface area contributed by atoms with Gasteiger partial charge in [0, 0.05) is 30.5 Å². The van der Waals surface area contributed by atoms with Crippen molar-refractivity contribution >= 4 is 89.1 Å². The van der Waals surface area contributed by atoms with Crippen LogP contribution in [0.15, 0.2) is 79.1 Å². The normalized spacial score (nSPS) is 11.2. The molecule has 0 atom stereocenters. The van der Waals surface area contributed by atoms with Gasteiger partial charge in [0.1, 0.15) is 17.9 Å². The predicted octanol–water partition coefficient (Wildman–Crippen LogP) is 7.56. The molecule has 1 aromatic heterocycles. The molecule has 0 bridgehead atoms. The van der Waals surface area contributed by atoms with Gasteiger partial charge in [-0.05, 0) is 65.1 Å². The lowest BCUT2D eigenvalue weighted by molar-refractivity contribution is 0.0929. The molecule has 0 radical (unpaired) electrons. The zero-order valence-electron chi connectivity index (χ0n) is 16.2. The van der Waals surface area contributed by atoms with E-state index < -0.39 is 5.91 Å². The number of hydrazone groups is 1. The molecule has 0 saturated carbocycles. The second kappa shape index (κ2) is 10.4. The number of carbonyl (C=O) groups is 1. The van der Waals surface area contributed by atoms with Crippen LogP contribution < -0.4 is 10.2 Å². The fraction of sp³-hybridized carbons (Fsp3) is 0.0435. The zero-order chi connectivity index (χ0) is 22.7. The third kappa shape index (κ3) is 5.54. The standard InChI is InChI=1S/C23H14Br2ClIN2O3/c24-16-5-6-20(31-12-13-3-1-2-4-18(13)26)15(8-16)11-28-29-23(30)21-9-14-7-17(25)10-19(27)22(14)32-21/h1-11H,12H2,(H,29,30)/b28-11-. The van der Waals surface area contributed by atoms with Crippen LogP contribution in [-0.4, -0.2) is 12.1 Å². The van der Waals surface area contributed by atoms with Gasteiger partial charge in [0.05, 0.1) is 9.78 Å². The molecule has 0 spiro atoms. The summed E-state index contributed by atoms with van der Waals surface area (Å²) in [5, 5.41) is 5.55. The summed E-state index contributed by atoms with van der Waals surface area (Å²) in [5.74, 6) is 0.338. The molecule has 0 saturated heterocycles. The van der Waals surface area contributed by atoms with Crippen molar-refractivity contribution in [3.63, 3.8) is 0 Å². The number of nitrogens with one attached hydrogen (secondary N) is 1. The number of ether oxygens (including phenoxy) is 1. The van der Waals surface area contributed by atoms with Crippen LogP contribution in [0.2, 0.25) is 5.02 Å². The van der Waals surface area contributed by atoms with E-state index in [1.54, 1.807) is 6.07 Å². The van der Waals surface area contributed by atoms with E-state index >= 15 is 0 Å². The average molecular weight is 689 g/mol. The molecule has 1 N–H and O–H groups in total. The molecule has 3 aromatic carbocycles. The molecular formula is C23H14Br2ClIN2O3. The van der Waals surface area contributed by atoms with Gasteiger partial charge in [0.2, 0.25) is 0 Å². The number of amides is 1. The number of fused-ring (bicyclic) bond motifs is 1. The Labute approximate surface area is 219 Å². The maximum atomic E-state index is 12.5. The Kier molecular flexibility index (Phi) is 7.55. The Balaban J connectivity index is 1.48. The van der Waals surface area contributed by atoms with Crippen molar-refractivity contribution in [2.24, 2.45) is 5.10 Å². The van der Waals surface area contributed by atoms with E-state index in [4.69, 9.17) is 20.8 Å². The topological polar surface area (TPSA) is 63.8 Å². The number of benzene rings is 3. The number of halogens is 4. The van der Waals surface area contributed by atoms with E-state index in [1.807, 2.05) is 54.6 Å². The molecule has 1 heterocycles. The number of nitrogens with zero attached hydrogens (tertiary/aromatic N) is 1. The van der Waals surface area contributed by atoms with Crippen LogP contribution in [0.1, 0.15) is 21.7 Å². The van der Waals surface area contributed by atoms with Gasteiger partial charge in [-0.15, -0.1) is 0 Å². The molecule has 0 aliphatic carbocycles. The van der Waals surface area contributed by atoms with Crippen molar-refractivity contribution < 1.29 is 13.9 Å². The molecule has 0 unspecified atom stereocenters. The fourth-order valence-electron chi connectivity index (χ4n) is 2.93. The maximum Gasteiger partial charge on any atom is 0.307 e. The first kappa shape index (κ1) is 23.3. The van der Waals surface area contributed by atoms with Crippen molar-refractivity contribution in [2.45, 2.75) is 6.61 Å². The molecular weight excluding hydrogens is 674 g/mol. The molecule has 32 heavy (non-hydrogen) atoms. The summed E-state index contributed by atoms with van der Waals surface area (Å²) in [5.41, 5.74) is 4.72. The number of hydrogen-bond donors (Lipinski definition) is 1. The minimum absolute atomic E-state index is 0.178. The summed E-state index contributed by atoms with van der Waals surface area (Å²) in [6, 6.07) is 18.5. The lowest BCUT2D eigenvalue weighted by atomic mass is 10.2. The zero-order valence-corrected chi connectivity index (χ0v) is 22.3. The summed E-state index contributed by atoms with van der Waals surface area (Å²) < 4.78 is 14.3. The van der Waals surface area contributed by atoms with Crippen LogP contribution in [0.4, 0.5) is 0 Å². The predicted molar refractivity (Wildman–Crippen MR) is 142 cm³/mol. The van der Waals surface area contributed by atoms with Gasteiger partial charge in [-0.2, -0.15) is 5.10 Å². The highest BCUT2D eigenvalue weighted by Crippen LogP contribution is 2.28. The maximum absolute atomic E-state index is 12.5. The fourth-order valence-corrected chi connectivity index (χ4v) is 5.16. The minimum atomic E-state index is -0.446. The first-order chi connectivity index (χ1) is 15.4. The van der Waals surface area contributed by atoms with E-state index in [0.717, 1.165) is 23.5 Å². The van der Waals surface area contributed by atoms with Crippen molar-refractivity contribution in [3.8, 4) is 5.75 Å². The average Bonchev–Trinajstić information content (AvgIpc) is 3.19. The van der Waals surface area contributed by atoms with Gasteiger partial charge < -0.3 is 9.15 Å². The van der Waals surface area contributed by atoms with Crippen molar-refractivity contribution in [3.05, 3.63) is 95.1 Å². The highest BCUT2D eigenvalue weighted by Gasteiger charge is 2.14. The molecule has 4 aromatic rings. The Hall–Kier alpha value is -1.88. The molecule has 9 heteroatoms. The number of carbonyl (C=O) groups excluding carboxylic acids is 1. The van der Waals surface area contributed by atoms with Gasteiger partial charge >= 0.3 is 5.91 Å². The highest BCUT2D eigenvalue weighted by atomic mass is 127. The Morgan fingerprint density at radius 3 is 2.75 bits per heavy atom. The van der Waals surface area contributed by atoms with E-state index in [0.29, 0.717) is 28.5 Å². The lowest BCUT2D eigenvalue weighted by Gasteiger charge is -2.10. The molecule has 0 aliphatic rings. The SMILES string of the molecule is O=C(N/N=C\c1cc(Br)ccc1OCc1ccccc1Cl)c1cc2cc(Br)cc(I)c2o1. The summed E-state index contributed by atoms with van der Waals surface area (Å²) >= 11 is 15.3. The van der Waals surface area contributed by atoms with Gasteiger partial charge in [-0.3, -0.25) is 4.79 Å². The molecule has 162 valence electrons. The molecule has 0 fully saturated rings. The van der Waals surface area contributed by atoms with Gasteiger partial charge in [0.25, 0.3) is 0 Å². The second-order valence-electron chi connectivity index (χ2n) is 6.68. The number of rotatable bonds is 6. The molecule has 0 aliphatic heterocycles. The molecule has 1 amide bonds. The van der Waals surface area contributed by atoms with Crippen LogP contribution >= 0.6 is 66.1 Å². The van der Waals surface area contributed by atoms with Crippen LogP contribution in [0.25, 0.3) is 11.0 Å². The van der Waals surface area contributed by atoms with Gasteiger partial charge in [-0.25, -0.2) is 5.43 Å². The first-order valence-corrected chi connectivity index (χ1v) is 12.3. The van der Waals surface area contributed by atoms with E-state index in [9.17, 15) is 4.79 Å². The second-order valence-corrected chi connectivity index (χ2v) is 10.1. The summed E-state index contributed by atoms with van der Waals surface area (Å²) in [6.07, 6.45) is 1.52. The van der Waals surface area contributed by atoms with Gasteiger partial charge in [-0.1, -0.05) is 61.7 Å². The van der Waals surface area contributed by atoms with E-state index in [-0.39, 0.29) is 5.76 Å². The first-order valence-electron chi connectivity index (χ1n) is 9.28. The van der Waals surface area contributed by atoms with Crippen LogP contribution in [0, 0.1) is 3.57 Å². The van der Waals surface area contributed by atoms with Crippen LogP contribution in [-0.2, 0) is 6.61 Å². The van der Waals surface area contributed by atoms with E-state index in [2.05, 4.69) is 65.0 Å². The highest BCUT2D eigenvalue weighted by molar-refractivity contribution is 14.1. The summed E-state index contributed by atoms with van der Waals surface area (Å²) in [7, 11) is 0. The third-order valence-corrected chi connectivity index (χ3v) is 6.56. The lowest BCUT2D eigenvalue weighted by Crippen LogP contribution is -2.16. The summed E-state index contributed by atoms with van der Waals surface area (Å²) in [4.78, 5) is 12.5. The Morgan fingerprint density at radius 1 is 1.12 bits per heavy atom. The van der Waals surface area contributed by atoms with Crippen LogP contribution in [0.3, 0.4) is 0 Å². The smallest absolute Gasteiger partial charge is 0.307 e. The Morgan fingerprint density at radius 2 is 1.94 bits per heavy atom. The molecule has 5 nitrogen and oxygen atoms in total. The third-order valence-electron chi connectivity index (χ3n) is 4.44. The van der Waals surface area contributed by atoms with Crippen molar-refractivity contribution in [2.75, 3.05) is 0 Å². The van der Waals surface area contributed by atoms with E-state index in [1.165, 1.54) is 6.21 Å². The van der Waals surface area contributed by atoms with Crippen molar-refractivity contribution in [1.29, 1.82) is 0 Å². The van der Waals surface area contributed by atoms with Crippen LogP contribution in [0.5, 0.6) is 5.75 Å². The largest absolute Gasteiger partial charge is 0.488 e. The molecule has 4 rings (SSSR count). The number of hydrogen-bond acceptors (Lipinski definition) is 4. The van der Waals surface area contributed by atoms with Crippen molar-refractivity contribution in [1.82, 2.24) is 5.43 Å². The monoisotopic (exact) mass is 686 g/mol. The Bertz CT molecular complexity index is 1340.